The van der Waals surface area contributed by atoms with E-state index in [9.17, 15) is 4.79 Å². The lowest BCUT2D eigenvalue weighted by atomic mass is 10.5. The predicted molar refractivity (Wildman–Crippen MR) is 37.1 cm³/mol. The van der Waals surface area contributed by atoms with Crippen molar-refractivity contribution in [2.75, 3.05) is 0 Å². The Morgan fingerprint density at radius 2 is 2.40 bits per heavy atom. The van der Waals surface area contributed by atoms with Gasteiger partial charge in [0.1, 0.15) is 0 Å². The second kappa shape index (κ2) is 4.76. The summed E-state index contributed by atoms with van der Waals surface area (Å²) in [5, 5.41) is 8.37. The molecule has 56 valence electrons. The molecule has 0 radical (unpaired) electrons. The molecular weight excluding hydrogens is 132 g/mol. The second-order valence-electron chi connectivity index (χ2n) is 1.59. The first-order valence-electron chi connectivity index (χ1n) is 2.84. The van der Waals surface area contributed by atoms with Crippen LogP contribution < -0.4 is 0 Å². The summed E-state index contributed by atoms with van der Waals surface area (Å²) in [4.78, 5) is 9.98. The quantitative estimate of drug-likeness (QED) is 0.398. The number of ether oxygens (including phenoxy) is 1. The van der Waals surface area contributed by atoms with E-state index in [0.717, 1.165) is 0 Å². The normalized spacial score (nSPS) is 21.0. The van der Waals surface area contributed by atoms with Crippen LogP contribution in [0.1, 0.15) is 6.92 Å². The zero-order chi connectivity index (χ0) is 7.98. The van der Waals surface area contributed by atoms with Gasteiger partial charge in [-0.3, -0.25) is 0 Å². The highest BCUT2D eigenvalue weighted by Crippen LogP contribution is 1.98. The maximum absolute atomic E-state index is 9.98. The minimum atomic E-state index is -1.01. The molecule has 0 saturated carbocycles. The highest BCUT2D eigenvalue weighted by atomic mass is 16.6. The van der Waals surface area contributed by atoms with Gasteiger partial charge >= 0.3 is 5.97 Å². The minimum Gasteiger partial charge on any atom is -0.429 e. The standard InChI is InChI=1S/C4H4O3.C3H6/c5-3-1-2-4(6)7-3;1-3-2/h1-3,5H;3H,1H2,2H3. The van der Waals surface area contributed by atoms with Gasteiger partial charge in [-0.15, -0.1) is 6.58 Å². The smallest absolute Gasteiger partial charge is 0.333 e. The van der Waals surface area contributed by atoms with Crippen LogP contribution in [0.5, 0.6) is 0 Å². The maximum atomic E-state index is 9.98. The molecule has 10 heavy (non-hydrogen) atoms. The highest BCUT2D eigenvalue weighted by molar-refractivity contribution is 5.84. The van der Waals surface area contributed by atoms with E-state index in [0.29, 0.717) is 0 Å². The number of hydrogen-bond donors (Lipinski definition) is 1. The Hall–Kier alpha value is -1.09. The van der Waals surface area contributed by atoms with Crippen molar-refractivity contribution < 1.29 is 14.6 Å². The van der Waals surface area contributed by atoms with E-state index in [4.69, 9.17) is 5.11 Å². The van der Waals surface area contributed by atoms with Crippen molar-refractivity contribution in [1.29, 1.82) is 0 Å². The Labute approximate surface area is 59.6 Å². The summed E-state index contributed by atoms with van der Waals surface area (Å²) in [6.07, 6.45) is 3.21. The van der Waals surface area contributed by atoms with Crippen LogP contribution in [0.2, 0.25) is 0 Å². The van der Waals surface area contributed by atoms with Crippen molar-refractivity contribution in [1.82, 2.24) is 0 Å². The molecule has 0 fully saturated rings. The van der Waals surface area contributed by atoms with Crippen LogP contribution in [0.4, 0.5) is 0 Å². The van der Waals surface area contributed by atoms with Crippen molar-refractivity contribution >= 4 is 5.97 Å². The van der Waals surface area contributed by atoms with Crippen molar-refractivity contribution in [3.63, 3.8) is 0 Å². The molecule has 0 aliphatic carbocycles. The number of esters is 1. The Kier molecular flexibility index (Phi) is 4.24. The summed E-state index contributed by atoms with van der Waals surface area (Å²) < 4.78 is 4.17. The first-order valence-corrected chi connectivity index (χ1v) is 2.84. The summed E-state index contributed by atoms with van der Waals surface area (Å²) in [6, 6.07) is 0. The predicted octanol–water partition coefficient (Wildman–Crippen LogP) is 0.610. The third kappa shape index (κ3) is 3.86. The van der Waals surface area contributed by atoms with Gasteiger partial charge in [0.05, 0.1) is 0 Å². The van der Waals surface area contributed by atoms with E-state index < -0.39 is 12.3 Å². The second-order valence-corrected chi connectivity index (χ2v) is 1.59. The van der Waals surface area contributed by atoms with Gasteiger partial charge in [0.15, 0.2) is 0 Å². The molecule has 1 aliphatic heterocycles. The minimum absolute atomic E-state index is 0.479. The molecule has 0 aromatic heterocycles. The van der Waals surface area contributed by atoms with Gasteiger partial charge in [0.25, 0.3) is 0 Å². The largest absolute Gasteiger partial charge is 0.429 e. The molecule has 1 unspecified atom stereocenters. The number of aliphatic hydroxyl groups excluding tert-OH is 1. The molecule has 1 atom stereocenters. The van der Waals surface area contributed by atoms with Crippen LogP contribution in [0.25, 0.3) is 0 Å². The molecule has 1 N–H and O–H groups in total. The Morgan fingerprint density at radius 1 is 1.90 bits per heavy atom. The van der Waals surface area contributed by atoms with Gasteiger partial charge < -0.3 is 9.84 Å². The number of rotatable bonds is 0. The Balaban J connectivity index is 0.000000236. The molecule has 3 heteroatoms. The summed E-state index contributed by atoms with van der Waals surface area (Å²) in [7, 11) is 0. The topological polar surface area (TPSA) is 46.5 Å². The van der Waals surface area contributed by atoms with Crippen LogP contribution >= 0.6 is 0 Å². The number of allylic oxidation sites excluding steroid dienone is 1. The summed E-state index contributed by atoms with van der Waals surface area (Å²) in [5.41, 5.74) is 0. The lowest BCUT2D eigenvalue weighted by Crippen LogP contribution is -2.04. The van der Waals surface area contributed by atoms with E-state index in [2.05, 4.69) is 11.3 Å². The van der Waals surface area contributed by atoms with Crippen molar-refractivity contribution in [2.45, 2.75) is 13.2 Å². The monoisotopic (exact) mass is 142 g/mol. The van der Waals surface area contributed by atoms with Gasteiger partial charge in [-0.2, -0.15) is 0 Å². The van der Waals surface area contributed by atoms with Gasteiger partial charge in [-0.1, -0.05) is 6.08 Å². The molecule has 1 aliphatic rings. The summed E-state index contributed by atoms with van der Waals surface area (Å²) >= 11 is 0. The number of hydrogen-bond acceptors (Lipinski definition) is 3. The SMILES string of the molecule is C=CC.O=C1C=CC(O)O1. The third-order valence-electron chi connectivity index (χ3n) is 0.634. The molecule has 0 amide bonds. The maximum Gasteiger partial charge on any atom is 0.333 e. The zero-order valence-electron chi connectivity index (χ0n) is 5.78. The van der Waals surface area contributed by atoms with E-state index in [1.54, 1.807) is 6.08 Å². The molecule has 0 aromatic carbocycles. The third-order valence-corrected chi connectivity index (χ3v) is 0.634. The van der Waals surface area contributed by atoms with Gasteiger partial charge in [0.2, 0.25) is 6.29 Å². The molecule has 1 rings (SSSR count). The lowest BCUT2D eigenvalue weighted by Gasteiger charge is -1.94. The number of cyclic esters (lactones) is 1. The molecule has 0 aromatic rings. The number of aliphatic hydroxyl groups is 1. The first-order chi connectivity index (χ1) is 4.70. The fourth-order valence-electron chi connectivity index (χ4n) is 0.358. The van der Waals surface area contributed by atoms with E-state index in [1.165, 1.54) is 12.2 Å². The van der Waals surface area contributed by atoms with E-state index >= 15 is 0 Å². The lowest BCUT2D eigenvalue weighted by molar-refractivity contribution is -0.150. The van der Waals surface area contributed by atoms with Crippen LogP contribution in [0.15, 0.2) is 24.8 Å². The highest BCUT2D eigenvalue weighted by Gasteiger charge is 2.10. The number of carbonyl (C=O) groups excluding carboxylic acids is 1. The first kappa shape index (κ1) is 8.91. The van der Waals surface area contributed by atoms with Crippen molar-refractivity contribution in [3.05, 3.63) is 24.8 Å². The fraction of sp³-hybridized carbons (Fsp3) is 0.286. The van der Waals surface area contributed by atoms with Crippen LogP contribution in [0.3, 0.4) is 0 Å². The van der Waals surface area contributed by atoms with Crippen LogP contribution in [-0.4, -0.2) is 17.4 Å². The Morgan fingerprint density at radius 3 is 2.50 bits per heavy atom. The molecular formula is C7H10O3. The molecule has 0 saturated heterocycles. The number of carbonyl (C=O) groups is 1. The van der Waals surface area contributed by atoms with Gasteiger partial charge in [0, 0.05) is 6.08 Å². The molecule has 0 bridgehead atoms. The summed E-state index contributed by atoms with van der Waals surface area (Å²) in [5.74, 6) is -0.479. The van der Waals surface area contributed by atoms with Gasteiger partial charge in [-0.25, -0.2) is 4.79 Å². The van der Waals surface area contributed by atoms with Crippen LogP contribution in [0, 0.1) is 0 Å². The average molecular weight is 142 g/mol. The van der Waals surface area contributed by atoms with Crippen LogP contribution in [-0.2, 0) is 9.53 Å². The average Bonchev–Trinajstić information content (AvgIpc) is 2.17. The zero-order valence-corrected chi connectivity index (χ0v) is 5.78. The van der Waals surface area contributed by atoms with Gasteiger partial charge in [-0.05, 0) is 13.0 Å². The molecule has 1 heterocycles. The van der Waals surface area contributed by atoms with Crippen molar-refractivity contribution in [2.24, 2.45) is 0 Å². The molecule has 3 nitrogen and oxygen atoms in total. The van der Waals surface area contributed by atoms with Crippen molar-refractivity contribution in [3.8, 4) is 0 Å². The fourth-order valence-corrected chi connectivity index (χ4v) is 0.358. The van der Waals surface area contributed by atoms with E-state index in [-0.39, 0.29) is 0 Å². The summed E-state index contributed by atoms with van der Waals surface area (Å²) in [6.45, 7) is 5.25. The Bertz CT molecular complexity index is 149. The van der Waals surface area contributed by atoms with E-state index in [1.807, 2.05) is 6.92 Å². The molecule has 0 spiro atoms.